The molecule has 0 radical (unpaired) electrons. The normalized spacial score (nSPS) is 12.7. The molecule has 0 fully saturated rings. The van der Waals surface area contributed by atoms with Gasteiger partial charge in [0.05, 0.1) is 26.6 Å². The predicted molar refractivity (Wildman–Crippen MR) is 101 cm³/mol. The van der Waals surface area contributed by atoms with Gasteiger partial charge in [-0.05, 0) is 56.5 Å². The van der Waals surface area contributed by atoms with E-state index in [4.69, 9.17) is 0 Å². The Kier molecular flexibility index (Phi) is 5.88. The van der Waals surface area contributed by atoms with Gasteiger partial charge in [0.15, 0.2) is 0 Å². The molecule has 2 aromatic rings. The highest BCUT2D eigenvalue weighted by Crippen LogP contribution is 2.33. The highest BCUT2D eigenvalue weighted by atomic mass is 79.9. The van der Waals surface area contributed by atoms with Crippen LogP contribution < -0.4 is 10.0 Å². The molecule has 2 N–H and O–H groups in total. The molecule has 1 atom stereocenters. The molecule has 0 bridgehead atoms. The van der Waals surface area contributed by atoms with Gasteiger partial charge in [0.2, 0.25) is 10.0 Å². The molecule has 9 heteroatoms. The molecule has 0 aliphatic carbocycles. The number of nitrogens with one attached hydrogen (secondary N) is 2. The monoisotopic (exact) mass is 480 g/mol. The van der Waals surface area contributed by atoms with Crippen molar-refractivity contribution in [2.24, 2.45) is 0 Å². The maximum Gasteiger partial charge on any atom is 0.261 e. The fraction of sp³-hybridized carbons (Fsp3) is 0.214. The Morgan fingerprint density at radius 1 is 1.26 bits per heavy atom. The number of anilines is 1. The Labute approximate surface area is 155 Å². The first kappa shape index (κ1) is 18.4. The lowest BCUT2D eigenvalue weighted by Gasteiger charge is -2.18. The van der Waals surface area contributed by atoms with E-state index in [1.807, 2.05) is 0 Å². The molecule has 1 heterocycles. The van der Waals surface area contributed by atoms with Gasteiger partial charge in [-0.15, -0.1) is 11.3 Å². The second-order valence-electron chi connectivity index (χ2n) is 4.89. The van der Waals surface area contributed by atoms with Gasteiger partial charge < -0.3 is 5.32 Å². The maximum absolute atomic E-state index is 12.3. The zero-order valence-corrected chi connectivity index (χ0v) is 17.1. The van der Waals surface area contributed by atoms with Crippen molar-refractivity contribution in [3.05, 3.63) is 49.0 Å². The van der Waals surface area contributed by atoms with E-state index in [-0.39, 0.29) is 11.9 Å². The van der Waals surface area contributed by atoms with E-state index in [9.17, 15) is 13.2 Å². The second kappa shape index (κ2) is 7.33. The summed E-state index contributed by atoms with van der Waals surface area (Å²) in [6.07, 6.45) is 1.09. The van der Waals surface area contributed by atoms with Crippen molar-refractivity contribution in [3.63, 3.8) is 0 Å². The Morgan fingerprint density at radius 3 is 2.48 bits per heavy atom. The first-order chi connectivity index (χ1) is 10.7. The van der Waals surface area contributed by atoms with Crippen molar-refractivity contribution in [3.8, 4) is 0 Å². The third-order valence-electron chi connectivity index (χ3n) is 2.94. The first-order valence-corrected chi connectivity index (χ1v) is 10.8. The van der Waals surface area contributed by atoms with Gasteiger partial charge in [-0.1, -0.05) is 18.2 Å². The quantitative estimate of drug-likeness (QED) is 0.673. The number of hydrogen-bond acceptors (Lipinski definition) is 4. The van der Waals surface area contributed by atoms with Crippen LogP contribution in [-0.2, 0) is 10.0 Å². The standard InChI is InChI=1S/C14H14Br2N2O3S2/c1-8(17-14(19)12-7-10(15)13(16)22-12)9-5-3-4-6-11(9)18-23(2,20)21/h3-8,18H,1-2H3,(H,17,19)/t8-/m0/s1. The van der Waals surface area contributed by atoms with Gasteiger partial charge in [0, 0.05) is 4.47 Å². The first-order valence-electron chi connectivity index (χ1n) is 6.50. The fourth-order valence-electron chi connectivity index (χ4n) is 1.97. The average Bonchev–Trinajstić information content (AvgIpc) is 2.77. The van der Waals surface area contributed by atoms with Crippen LogP contribution in [0, 0.1) is 0 Å². The molecule has 23 heavy (non-hydrogen) atoms. The lowest BCUT2D eigenvalue weighted by molar-refractivity contribution is 0.0944. The Bertz CT molecular complexity index is 815. The van der Waals surface area contributed by atoms with E-state index in [1.165, 1.54) is 11.3 Å². The molecule has 5 nitrogen and oxygen atoms in total. The molecule has 1 aromatic heterocycles. The number of para-hydroxylation sites is 1. The van der Waals surface area contributed by atoms with Crippen molar-refractivity contribution < 1.29 is 13.2 Å². The van der Waals surface area contributed by atoms with Crippen LogP contribution in [0.4, 0.5) is 5.69 Å². The van der Waals surface area contributed by atoms with Gasteiger partial charge >= 0.3 is 0 Å². The zero-order chi connectivity index (χ0) is 17.2. The van der Waals surface area contributed by atoms with E-state index < -0.39 is 10.0 Å². The molecule has 1 amide bonds. The number of benzene rings is 1. The van der Waals surface area contributed by atoms with Crippen molar-refractivity contribution in [1.82, 2.24) is 5.32 Å². The minimum Gasteiger partial charge on any atom is -0.345 e. The van der Waals surface area contributed by atoms with Crippen LogP contribution in [-0.4, -0.2) is 20.6 Å². The zero-order valence-electron chi connectivity index (χ0n) is 12.3. The topological polar surface area (TPSA) is 75.3 Å². The van der Waals surface area contributed by atoms with Crippen LogP contribution in [0.1, 0.15) is 28.2 Å². The van der Waals surface area contributed by atoms with Gasteiger partial charge in [0.25, 0.3) is 5.91 Å². The maximum atomic E-state index is 12.3. The van der Waals surface area contributed by atoms with Crippen molar-refractivity contribution in [1.29, 1.82) is 0 Å². The predicted octanol–water partition coefficient (Wildman–Crippen LogP) is 4.14. The van der Waals surface area contributed by atoms with Gasteiger partial charge in [0.1, 0.15) is 0 Å². The summed E-state index contributed by atoms with van der Waals surface area (Å²) in [7, 11) is -3.39. The molecule has 0 spiro atoms. The summed E-state index contributed by atoms with van der Waals surface area (Å²) >= 11 is 8.02. The minimum absolute atomic E-state index is 0.219. The van der Waals surface area contributed by atoms with Crippen molar-refractivity contribution >= 4 is 64.8 Å². The van der Waals surface area contributed by atoms with Crippen LogP contribution in [0.3, 0.4) is 0 Å². The van der Waals surface area contributed by atoms with Gasteiger partial charge in [-0.3, -0.25) is 9.52 Å². The van der Waals surface area contributed by atoms with E-state index in [0.717, 1.165) is 14.5 Å². The summed E-state index contributed by atoms with van der Waals surface area (Å²) < 4.78 is 27.0. The molecule has 0 unspecified atom stereocenters. The molecule has 124 valence electrons. The number of carbonyl (C=O) groups excluding carboxylic acids is 1. The van der Waals surface area contributed by atoms with E-state index in [2.05, 4.69) is 41.9 Å². The smallest absolute Gasteiger partial charge is 0.261 e. The number of thiophene rings is 1. The molecular formula is C14H14Br2N2O3S2. The van der Waals surface area contributed by atoms with E-state index in [0.29, 0.717) is 16.1 Å². The van der Waals surface area contributed by atoms with Crippen LogP contribution >= 0.6 is 43.2 Å². The summed E-state index contributed by atoms with van der Waals surface area (Å²) in [5, 5.41) is 2.87. The number of amides is 1. The van der Waals surface area contributed by atoms with Crippen LogP contribution in [0.5, 0.6) is 0 Å². The lowest BCUT2D eigenvalue weighted by atomic mass is 10.1. The highest BCUT2D eigenvalue weighted by molar-refractivity contribution is 9.13. The molecule has 0 saturated heterocycles. The molecule has 0 aliphatic heterocycles. The highest BCUT2D eigenvalue weighted by Gasteiger charge is 2.18. The molecule has 2 rings (SSSR count). The van der Waals surface area contributed by atoms with Gasteiger partial charge in [-0.25, -0.2) is 8.42 Å². The number of rotatable bonds is 5. The Morgan fingerprint density at radius 2 is 1.91 bits per heavy atom. The molecular weight excluding hydrogens is 468 g/mol. The second-order valence-corrected chi connectivity index (χ2v) is 9.86. The summed E-state index contributed by atoms with van der Waals surface area (Å²) in [5.74, 6) is -0.219. The summed E-state index contributed by atoms with van der Waals surface area (Å²) in [4.78, 5) is 12.9. The summed E-state index contributed by atoms with van der Waals surface area (Å²) in [6, 6.07) is 8.35. The SMILES string of the molecule is C[C@H](NC(=O)c1cc(Br)c(Br)s1)c1ccccc1NS(C)(=O)=O. The largest absolute Gasteiger partial charge is 0.345 e. The summed E-state index contributed by atoms with van der Waals surface area (Å²) in [5.41, 5.74) is 1.15. The third-order valence-corrected chi connectivity index (χ3v) is 6.78. The Balaban J connectivity index is 2.20. The van der Waals surface area contributed by atoms with E-state index >= 15 is 0 Å². The van der Waals surface area contributed by atoms with Crippen molar-refractivity contribution in [2.45, 2.75) is 13.0 Å². The number of carbonyl (C=O) groups is 1. The lowest BCUT2D eigenvalue weighted by Crippen LogP contribution is -2.26. The fourth-order valence-corrected chi connectivity index (χ4v) is 4.50. The number of hydrogen-bond donors (Lipinski definition) is 2. The summed E-state index contributed by atoms with van der Waals surface area (Å²) in [6.45, 7) is 1.80. The van der Waals surface area contributed by atoms with Crippen molar-refractivity contribution in [2.75, 3.05) is 11.0 Å². The molecule has 0 aliphatic rings. The van der Waals surface area contributed by atoms with Crippen LogP contribution in [0.25, 0.3) is 0 Å². The number of halogens is 2. The Hall–Kier alpha value is -0.900. The van der Waals surface area contributed by atoms with Gasteiger partial charge in [-0.2, -0.15) is 0 Å². The molecule has 1 aromatic carbocycles. The van der Waals surface area contributed by atoms with E-state index in [1.54, 1.807) is 37.3 Å². The average molecular weight is 482 g/mol. The molecule has 0 saturated carbocycles. The number of sulfonamides is 1. The third kappa shape index (κ3) is 5.03. The van der Waals surface area contributed by atoms with Crippen LogP contribution in [0.15, 0.2) is 38.6 Å². The van der Waals surface area contributed by atoms with Crippen LogP contribution in [0.2, 0.25) is 0 Å². The minimum atomic E-state index is -3.39.